The van der Waals surface area contributed by atoms with E-state index >= 15 is 0 Å². The minimum atomic E-state index is -0.377. The maximum Gasteiger partial charge on any atom is 0.330 e. The molecule has 0 saturated carbocycles. The minimum Gasteiger partial charge on any atom is -0.494 e. The highest BCUT2D eigenvalue weighted by Crippen LogP contribution is 2.15. The zero-order chi connectivity index (χ0) is 20.9. The number of carbonyl (C=O) groups is 2. The number of unbranched alkanes of at least 4 members (excludes halogenated alkanes) is 4. The SMILES string of the molecule is C=CC(=O)OCCCCCCCOc1ccc(C(=O)Nc2ccc(F)cc2)cc1. The van der Waals surface area contributed by atoms with Gasteiger partial charge in [0.05, 0.1) is 13.2 Å². The average molecular weight is 399 g/mol. The highest BCUT2D eigenvalue weighted by atomic mass is 19.1. The molecule has 0 spiro atoms. The number of halogens is 1. The van der Waals surface area contributed by atoms with Crippen molar-refractivity contribution in [2.24, 2.45) is 0 Å². The Morgan fingerprint density at radius 1 is 0.897 bits per heavy atom. The van der Waals surface area contributed by atoms with Crippen LogP contribution in [0.15, 0.2) is 61.2 Å². The molecular weight excluding hydrogens is 373 g/mol. The number of hydrogen-bond donors (Lipinski definition) is 1. The van der Waals surface area contributed by atoms with Gasteiger partial charge in [-0.1, -0.05) is 25.8 Å². The molecule has 0 unspecified atom stereocenters. The quantitative estimate of drug-likeness (QED) is 0.305. The number of esters is 1. The lowest BCUT2D eigenvalue weighted by molar-refractivity contribution is -0.137. The van der Waals surface area contributed by atoms with Crippen molar-refractivity contribution in [2.75, 3.05) is 18.5 Å². The molecule has 0 bridgehead atoms. The number of nitrogens with one attached hydrogen (secondary N) is 1. The van der Waals surface area contributed by atoms with E-state index < -0.39 is 0 Å². The van der Waals surface area contributed by atoms with Gasteiger partial charge in [-0.05, 0) is 61.4 Å². The Kier molecular flexibility index (Phi) is 9.42. The molecule has 5 nitrogen and oxygen atoms in total. The van der Waals surface area contributed by atoms with Crippen LogP contribution in [0.4, 0.5) is 10.1 Å². The molecule has 154 valence electrons. The highest BCUT2D eigenvalue weighted by Gasteiger charge is 2.06. The molecule has 0 aliphatic carbocycles. The monoisotopic (exact) mass is 399 g/mol. The van der Waals surface area contributed by atoms with E-state index in [1.165, 1.54) is 30.3 Å². The second-order valence-electron chi connectivity index (χ2n) is 6.47. The summed E-state index contributed by atoms with van der Waals surface area (Å²) in [6.45, 7) is 4.38. The summed E-state index contributed by atoms with van der Waals surface area (Å²) in [4.78, 5) is 23.1. The molecule has 2 aromatic rings. The fraction of sp³-hybridized carbons (Fsp3) is 0.304. The van der Waals surface area contributed by atoms with E-state index in [4.69, 9.17) is 9.47 Å². The van der Waals surface area contributed by atoms with E-state index in [2.05, 4.69) is 11.9 Å². The standard InChI is InChI=1S/C23H26FNO4/c1-2-22(26)29-17-7-5-3-4-6-16-28-21-14-8-18(9-15-21)23(27)25-20-12-10-19(24)11-13-20/h2,8-15H,1,3-7,16-17H2,(H,25,27). The Morgan fingerprint density at radius 2 is 1.52 bits per heavy atom. The lowest BCUT2D eigenvalue weighted by Crippen LogP contribution is -2.11. The molecule has 1 amide bonds. The molecule has 2 aromatic carbocycles. The van der Waals surface area contributed by atoms with Gasteiger partial charge in [0.1, 0.15) is 11.6 Å². The smallest absolute Gasteiger partial charge is 0.330 e. The Balaban J connectivity index is 1.60. The highest BCUT2D eigenvalue weighted by molar-refractivity contribution is 6.04. The second-order valence-corrected chi connectivity index (χ2v) is 6.47. The number of carbonyl (C=O) groups excluding carboxylic acids is 2. The van der Waals surface area contributed by atoms with Crippen LogP contribution in [0.2, 0.25) is 0 Å². The molecule has 0 saturated heterocycles. The summed E-state index contributed by atoms with van der Waals surface area (Å²) in [6.07, 6.45) is 6.04. The fourth-order valence-electron chi connectivity index (χ4n) is 2.60. The average Bonchev–Trinajstić information content (AvgIpc) is 2.74. The maximum absolute atomic E-state index is 12.9. The number of rotatable bonds is 12. The van der Waals surface area contributed by atoms with Crippen LogP contribution in [0.1, 0.15) is 42.5 Å². The van der Waals surface area contributed by atoms with Gasteiger partial charge in [0.25, 0.3) is 5.91 Å². The molecule has 1 N–H and O–H groups in total. The number of hydrogen-bond acceptors (Lipinski definition) is 4. The molecule has 0 fully saturated rings. The van der Waals surface area contributed by atoms with Crippen molar-refractivity contribution in [2.45, 2.75) is 32.1 Å². The van der Waals surface area contributed by atoms with Crippen molar-refractivity contribution in [3.8, 4) is 5.75 Å². The Morgan fingerprint density at radius 3 is 2.17 bits per heavy atom. The fourth-order valence-corrected chi connectivity index (χ4v) is 2.60. The Bertz CT molecular complexity index is 788. The Labute approximate surface area is 170 Å². The molecule has 29 heavy (non-hydrogen) atoms. The number of anilines is 1. The molecule has 0 aliphatic rings. The van der Waals surface area contributed by atoms with Gasteiger partial charge in [-0.3, -0.25) is 4.79 Å². The van der Waals surface area contributed by atoms with Crippen molar-refractivity contribution < 1.29 is 23.5 Å². The van der Waals surface area contributed by atoms with E-state index in [-0.39, 0.29) is 17.7 Å². The van der Waals surface area contributed by atoms with E-state index in [1.54, 1.807) is 24.3 Å². The van der Waals surface area contributed by atoms with Gasteiger partial charge in [-0.15, -0.1) is 0 Å². The molecule has 0 aliphatic heterocycles. The van der Waals surface area contributed by atoms with Crippen molar-refractivity contribution in [1.29, 1.82) is 0 Å². The number of amides is 1. The lowest BCUT2D eigenvalue weighted by Gasteiger charge is -2.08. The van der Waals surface area contributed by atoms with Gasteiger partial charge in [-0.2, -0.15) is 0 Å². The summed E-state index contributed by atoms with van der Waals surface area (Å²) >= 11 is 0. The van der Waals surface area contributed by atoms with Gasteiger partial charge in [0, 0.05) is 17.3 Å². The van der Waals surface area contributed by atoms with Gasteiger partial charge < -0.3 is 14.8 Å². The summed E-state index contributed by atoms with van der Waals surface area (Å²) in [5.41, 5.74) is 1.04. The first kappa shape index (κ1) is 22.1. The van der Waals surface area contributed by atoms with Gasteiger partial charge >= 0.3 is 5.97 Å². The van der Waals surface area contributed by atoms with Crippen LogP contribution >= 0.6 is 0 Å². The third-order valence-electron chi connectivity index (χ3n) is 4.19. The molecule has 0 heterocycles. The third kappa shape index (κ3) is 8.60. The van der Waals surface area contributed by atoms with Crippen LogP contribution in [-0.2, 0) is 9.53 Å². The molecule has 0 radical (unpaired) electrons. The summed E-state index contributed by atoms with van der Waals surface area (Å²) in [5, 5.41) is 2.72. The van der Waals surface area contributed by atoms with Crippen LogP contribution in [0, 0.1) is 5.82 Å². The molecule has 0 aromatic heterocycles. The van der Waals surface area contributed by atoms with Crippen molar-refractivity contribution in [3.05, 3.63) is 72.6 Å². The van der Waals surface area contributed by atoms with Gasteiger partial charge in [-0.25, -0.2) is 9.18 Å². The largest absolute Gasteiger partial charge is 0.494 e. The van der Waals surface area contributed by atoms with Crippen LogP contribution in [0.25, 0.3) is 0 Å². The van der Waals surface area contributed by atoms with Crippen molar-refractivity contribution in [1.82, 2.24) is 0 Å². The molecule has 6 heteroatoms. The van der Waals surface area contributed by atoms with Crippen LogP contribution < -0.4 is 10.1 Å². The van der Waals surface area contributed by atoms with Crippen LogP contribution in [0.3, 0.4) is 0 Å². The maximum atomic E-state index is 12.9. The number of benzene rings is 2. The molecule has 0 atom stereocenters. The minimum absolute atomic E-state index is 0.262. The summed E-state index contributed by atoms with van der Waals surface area (Å²) in [6, 6.07) is 12.5. The first-order valence-corrected chi connectivity index (χ1v) is 9.67. The van der Waals surface area contributed by atoms with Crippen molar-refractivity contribution in [3.63, 3.8) is 0 Å². The predicted molar refractivity (Wildman–Crippen MR) is 111 cm³/mol. The van der Waals surface area contributed by atoms with Crippen LogP contribution in [0.5, 0.6) is 5.75 Å². The lowest BCUT2D eigenvalue weighted by atomic mass is 10.1. The summed E-state index contributed by atoms with van der Waals surface area (Å²) in [7, 11) is 0. The normalized spacial score (nSPS) is 10.2. The zero-order valence-corrected chi connectivity index (χ0v) is 16.4. The van der Waals surface area contributed by atoms with Gasteiger partial charge in [0.15, 0.2) is 0 Å². The van der Waals surface area contributed by atoms with E-state index in [0.29, 0.717) is 30.2 Å². The van der Waals surface area contributed by atoms with E-state index in [1.807, 2.05) is 0 Å². The summed E-state index contributed by atoms with van der Waals surface area (Å²) in [5.74, 6) is -0.280. The Hall–Kier alpha value is -3.15. The van der Waals surface area contributed by atoms with Gasteiger partial charge in [0.2, 0.25) is 0 Å². The predicted octanol–water partition coefficient (Wildman–Crippen LogP) is 5.14. The first-order chi connectivity index (χ1) is 14.1. The second kappa shape index (κ2) is 12.3. The van der Waals surface area contributed by atoms with Crippen molar-refractivity contribution >= 4 is 17.6 Å². The number of ether oxygens (including phenoxy) is 2. The first-order valence-electron chi connectivity index (χ1n) is 9.67. The molecular formula is C23H26FNO4. The van der Waals surface area contributed by atoms with E-state index in [0.717, 1.165) is 32.1 Å². The molecule has 2 rings (SSSR count). The zero-order valence-electron chi connectivity index (χ0n) is 16.4. The third-order valence-corrected chi connectivity index (χ3v) is 4.19. The topological polar surface area (TPSA) is 64.6 Å². The summed E-state index contributed by atoms with van der Waals surface area (Å²) < 4.78 is 23.5. The van der Waals surface area contributed by atoms with E-state index in [9.17, 15) is 14.0 Å². The van der Waals surface area contributed by atoms with Crippen LogP contribution in [-0.4, -0.2) is 25.1 Å².